The highest BCUT2D eigenvalue weighted by atomic mass is 19.3. The van der Waals surface area contributed by atoms with E-state index in [-0.39, 0.29) is 47.6 Å². The number of carbonyl (C=O) groups excluding carboxylic acids is 7. The van der Waals surface area contributed by atoms with Crippen molar-refractivity contribution >= 4 is 41.9 Å². The lowest BCUT2D eigenvalue weighted by Crippen LogP contribution is -2.36. The van der Waals surface area contributed by atoms with Crippen molar-refractivity contribution in [3.8, 4) is 0 Å². The summed E-state index contributed by atoms with van der Waals surface area (Å²) in [6.45, 7) is 3.33. The number of allylic oxidation sites excluding steroid dienone is 2. The van der Waals surface area contributed by atoms with Crippen LogP contribution in [0.5, 0.6) is 0 Å². The first-order valence-electron chi connectivity index (χ1n) is 20.5. The summed E-state index contributed by atoms with van der Waals surface area (Å²) < 4.78 is 158. The van der Waals surface area contributed by atoms with Gasteiger partial charge in [0.1, 0.15) is 55.4 Å². The van der Waals surface area contributed by atoms with Crippen molar-refractivity contribution < 1.29 is 101 Å². The van der Waals surface area contributed by atoms with Gasteiger partial charge < -0.3 is 34.7 Å². The lowest BCUT2D eigenvalue weighted by molar-refractivity contribution is -0.146. The summed E-state index contributed by atoms with van der Waals surface area (Å²) in [5, 5.41) is 2.49. The number of benzene rings is 2. The van der Waals surface area contributed by atoms with Gasteiger partial charge in [0.05, 0.1) is 67.7 Å². The Hall–Kier alpha value is -6.75. The number of aldehydes is 1. The third-order valence-electron chi connectivity index (χ3n) is 9.72. The van der Waals surface area contributed by atoms with Gasteiger partial charge >= 0.3 is 29.8 Å². The molecule has 2 aromatic carbocycles. The van der Waals surface area contributed by atoms with Crippen molar-refractivity contribution in [2.75, 3.05) is 47.4 Å². The average Bonchev–Trinajstić information content (AvgIpc) is 4.14. The maximum Gasteiger partial charge on any atom is 0.336 e. The molecule has 0 amide bonds. The number of carbonyl (C=O) groups is 7. The Morgan fingerprint density at radius 1 is 0.754 bits per heavy atom. The van der Waals surface area contributed by atoms with Gasteiger partial charge in [0.15, 0.2) is 6.29 Å². The van der Waals surface area contributed by atoms with Gasteiger partial charge in [-0.1, -0.05) is 6.92 Å². The van der Waals surface area contributed by atoms with Crippen LogP contribution in [0.3, 0.4) is 0 Å². The second kappa shape index (κ2) is 26.1. The minimum atomic E-state index is -3.31. The number of dihydropyridines is 1. The molecule has 3 atom stereocenters. The molecule has 380 valence electrons. The summed E-state index contributed by atoms with van der Waals surface area (Å²) in [5.41, 5.74) is 1.22. The van der Waals surface area contributed by atoms with Crippen LogP contribution in [0.4, 0.5) is 43.9 Å². The van der Waals surface area contributed by atoms with E-state index < -0.39 is 143 Å². The number of hydrogen-bond donors (Lipinski definition) is 2. The molecule has 1 aliphatic heterocycles. The number of alkyl halides is 6. The van der Waals surface area contributed by atoms with Crippen molar-refractivity contribution in [1.82, 2.24) is 5.32 Å². The number of nitrogens with one attached hydrogen (secondary N) is 1. The fraction of sp³-hybridized carbons (Fsp3) is 0.444. The van der Waals surface area contributed by atoms with Gasteiger partial charge in [-0.05, 0) is 31.5 Å². The Bertz CT molecular complexity index is 2350. The van der Waals surface area contributed by atoms with Crippen LogP contribution in [0.15, 0.2) is 58.6 Å². The topological polar surface area (TPSA) is 204 Å². The molecule has 3 aliphatic rings. The van der Waals surface area contributed by atoms with E-state index in [1.165, 1.54) is 14.0 Å². The van der Waals surface area contributed by atoms with E-state index in [1.54, 1.807) is 13.8 Å². The maximum absolute atomic E-state index is 14.9. The largest absolute Gasteiger partial charge is 0.466 e. The Morgan fingerprint density at radius 2 is 1.28 bits per heavy atom. The molecule has 69 heavy (non-hydrogen) atoms. The van der Waals surface area contributed by atoms with E-state index >= 15 is 0 Å². The highest BCUT2D eigenvalue weighted by Crippen LogP contribution is 2.59. The zero-order chi connectivity index (χ0) is 52.6. The second-order valence-electron chi connectivity index (χ2n) is 14.7. The van der Waals surface area contributed by atoms with Crippen LogP contribution < -0.4 is 11.1 Å². The first-order valence-corrected chi connectivity index (χ1v) is 20.5. The third-order valence-corrected chi connectivity index (χ3v) is 9.72. The molecule has 0 radical (unpaired) electrons. The second-order valence-corrected chi connectivity index (χ2v) is 14.7. The predicted molar refractivity (Wildman–Crippen MR) is 221 cm³/mol. The number of methoxy groups -OCH3 is 2. The molecule has 0 spiro atoms. The number of hydrogen-bond acceptors (Lipinski definition) is 14. The summed E-state index contributed by atoms with van der Waals surface area (Å²) >= 11 is 0. The smallest absolute Gasteiger partial charge is 0.336 e. The van der Waals surface area contributed by atoms with E-state index in [9.17, 15) is 77.5 Å². The van der Waals surface area contributed by atoms with E-state index in [0.717, 1.165) is 26.2 Å². The molecule has 2 aliphatic carbocycles. The Balaban J connectivity index is 0.000000390. The van der Waals surface area contributed by atoms with Gasteiger partial charge in [0, 0.05) is 66.8 Å². The first kappa shape index (κ1) is 58.4. The number of nitrogens with two attached hydrogens (primary N) is 1. The molecule has 0 saturated heterocycles. The van der Waals surface area contributed by atoms with E-state index in [2.05, 4.69) is 14.8 Å². The molecule has 3 N–H and O–H groups in total. The summed E-state index contributed by atoms with van der Waals surface area (Å²) in [7, 11) is 2.15. The number of ether oxygens (including phenoxy) is 5. The molecule has 0 aromatic heterocycles. The van der Waals surface area contributed by atoms with Crippen LogP contribution in [0.2, 0.25) is 0 Å². The van der Waals surface area contributed by atoms with Gasteiger partial charge in [0.2, 0.25) is 0 Å². The van der Waals surface area contributed by atoms with Gasteiger partial charge in [0.25, 0.3) is 11.8 Å². The molecule has 24 heteroatoms. The molecule has 0 bridgehead atoms. The Labute approximate surface area is 388 Å². The summed E-state index contributed by atoms with van der Waals surface area (Å²) in [4.78, 5) is 79.0. The average molecular weight is 999 g/mol. The lowest BCUT2D eigenvalue weighted by atomic mass is 9.77. The van der Waals surface area contributed by atoms with E-state index in [0.29, 0.717) is 31.2 Å². The molecule has 5 rings (SSSR count). The van der Waals surface area contributed by atoms with Crippen LogP contribution in [0.1, 0.15) is 98.2 Å². The SMILES string of the molecule is CCOC(=O)C1=C(COC(C)=O)NC(CF)=C(C(=O)OC)C1c1cc(F)cc(F)c1C1CC1(F)F.CCOC(=O)CC(=O)CC.COC(=O)/C=C(\N)CF.O=Cc1cc(F)cc(F)c1C1CC1(F)F. The minimum Gasteiger partial charge on any atom is -0.466 e. The van der Waals surface area contributed by atoms with Crippen LogP contribution in [-0.2, 0) is 52.5 Å². The zero-order valence-electron chi connectivity index (χ0n) is 37.8. The summed E-state index contributed by atoms with van der Waals surface area (Å²) in [6.07, 6.45) is 0.176. The highest BCUT2D eigenvalue weighted by Gasteiger charge is 2.60. The fourth-order valence-corrected chi connectivity index (χ4v) is 6.40. The number of Topliss-reactive ketones (excluding diaryl/α,β-unsaturated/α-hetero) is 1. The lowest BCUT2D eigenvalue weighted by Gasteiger charge is -2.32. The molecular formula is C45H48F10N2O12. The maximum atomic E-state index is 14.9. The number of ketones is 1. The Kier molecular flexibility index (Phi) is 22.1. The molecule has 1 heterocycles. The number of rotatable bonds is 16. The van der Waals surface area contributed by atoms with Gasteiger partial charge in [-0.3, -0.25) is 19.2 Å². The molecular weight excluding hydrogens is 950 g/mol. The van der Waals surface area contributed by atoms with Crippen LogP contribution in [0, 0.1) is 23.3 Å². The van der Waals surface area contributed by atoms with Crippen molar-refractivity contribution in [3.05, 3.63) is 104 Å². The molecule has 14 nitrogen and oxygen atoms in total. The first-order chi connectivity index (χ1) is 32.3. The van der Waals surface area contributed by atoms with Gasteiger partial charge in [-0.2, -0.15) is 0 Å². The summed E-state index contributed by atoms with van der Waals surface area (Å²) in [5.74, 6) is -19.7. The molecule has 2 aromatic rings. The fourth-order valence-electron chi connectivity index (χ4n) is 6.40. The van der Waals surface area contributed by atoms with Crippen LogP contribution in [0.25, 0.3) is 0 Å². The quantitative estimate of drug-likeness (QED) is 0.0422. The molecule has 3 unspecified atom stereocenters. The molecule has 2 fully saturated rings. The van der Waals surface area contributed by atoms with Crippen molar-refractivity contribution in [2.24, 2.45) is 5.73 Å². The minimum absolute atomic E-state index is 0.0709. The van der Waals surface area contributed by atoms with E-state index in [4.69, 9.17) is 19.9 Å². The normalized spacial score (nSPS) is 18.2. The highest BCUT2D eigenvalue weighted by molar-refractivity contribution is 6.00. The standard InChI is InChI=1S/C23H22F5NO6.C10H6F4O.C7H12O3.C5H8FNO2/c1-4-34-22(32)20-16(9-35-10(2)30)29-15(8-24)19(21(31)33-3)18(20)12-5-11(25)6-14(26)17(12)13-7-23(13,27)28;11-6-1-5(4-15)9(8(12)2-6)7-3-10(7,13)14;1-3-6(8)5-7(9)10-4-2;1-9-5(8)2-4(7)3-6/h5-6,13,18,29H,4,7-9H2,1-3H3;1-2,4,7H,3H2;3-5H2,1-2H3;2H,3,7H2,1H3/b;;;4-2-. The van der Waals surface area contributed by atoms with E-state index in [1.807, 2.05) is 0 Å². The van der Waals surface area contributed by atoms with Crippen LogP contribution >= 0.6 is 0 Å². The Morgan fingerprint density at radius 3 is 1.72 bits per heavy atom. The third kappa shape index (κ3) is 16.5. The molecule has 2 saturated carbocycles. The van der Waals surface area contributed by atoms with Crippen molar-refractivity contribution in [3.63, 3.8) is 0 Å². The van der Waals surface area contributed by atoms with Gasteiger partial charge in [-0.15, -0.1) is 0 Å². The zero-order valence-corrected chi connectivity index (χ0v) is 37.8. The van der Waals surface area contributed by atoms with Crippen molar-refractivity contribution in [1.29, 1.82) is 0 Å². The van der Waals surface area contributed by atoms with Crippen LogP contribution in [-0.4, -0.2) is 101 Å². The predicted octanol–water partition coefficient (Wildman–Crippen LogP) is 7.34. The number of esters is 5. The van der Waals surface area contributed by atoms with Crippen molar-refractivity contribution in [2.45, 2.75) is 83.0 Å². The monoisotopic (exact) mass is 998 g/mol. The number of halogens is 10. The van der Waals surface area contributed by atoms with Gasteiger partial charge in [-0.25, -0.2) is 58.3 Å². The summed E-state index contributed by atoms with van der Waals surface area (Å²) in [6, 6.07) is 2.38.